The fourth-order valence-corrected chi connectivity index (χ4v) is 2.14. The molecule has 1 fully saturated rings. The summed E-state index contributed by atoms with van der Waals surface area (Å²) in [7, 11) is 0. The van der Waals surface area contributed by atoms with Gasteiger partial charge in [-0.3, -0.25) is 9.78 Å². The van der Waals surface area contributed by atoms with Crippen molar-refractivity contribution in [3.8, 4) is 0 Å². The summed E-state index contributed by atoms with van der Waals surface area (Å²) in [6.07, 6.45) is 0.970. The molecule has 0 amide bonds. The van der Waals surface area contributed by atoms with Crippen molar-refractivity contribution in [3.63, 3.8) is 0 Å². The molecule has 15 heavy (non-hydrogen) atoms. The molecule has 0 bridgehead atoms. The summed E-state index contributed by atoms with van der Waals surface area (Å²) < 4.78 is 0. The smallest absolute Gasteiger partial charge is 0.315 e. The lowest BCUT2D eigenvalue weighted by atomic mass is 9.63. The number of rotatable bonds is 2. The molecule has 0 radical (unpaired) electrons. The molecule has 1 aromatic heterocycles. The van der Waals surface area contributed by atoms with Gasteiger partial charge in [0.2, 0.25) is 0 Å². The average Bonchev–Trinajstić information content (AvgIpc) is 2.12. The molecule has 1 aliphatic carbocycles. The molecule has 4 nitrogen and oxygen atoms in total. The number of carboxylic acids is 1. The maximum atomic E-state index is 11.3. The van der Waals surface area contributed by atoms with E-state index in [4.69, 9.17) is 5.73 Å². The van der Waals surface area contributed by atoms with Gasteiger partial charge in [0, 0.05) is 11.7 Å². The summed E-state index contributed by atoms with van der Waals surface area (Å²) in [5.74, 6) is -0.817. The monoisotopic (exact) mass is 206 g/mol. The van der Waals surface area contributed by atoms with Gasteiger partial charge in [0.1, 0.15) is 5.41 Å². The largest absolute Gasteiger partial charge is 0.481 e. The van der Waals surface area contributed by atoms with E-state index < -0.39 is 11.4 Å². The summed E-state index contributed by atoms with van der Waals surface area (Å²) in [4.78, 5) is 15.6. The first-order valence-electron chi connectivity index (χ1n) is 4.98. The number of nitrogens with zero attached hydrogens (tertiary/aromatic N) is 1. The third-order valence-corrected chi connectivity index (χ3v) is 3.01. The first kappa shape index (κ1) is 10.1. The zero-order valence-electron chi connectivity index (χ0n) is 8.60. The molecule has 1 aliphatic rings. The molecule has 80 valence electrons. The molecule has 0 unspecified atom stereocenters. The number of carboxylic acid groups (broad SMARTS) is 1. The van der Waals surface area contributed by atoms with E-state index in [-0.39, 0.29) is 6.04 Å². The highest BCUT2D eigenvalue weighted by atomic mass is 16.4. The maximum Gasteiger partial charge on any atom is 0.315 e. The number of pyridine rings is 1. The van der Waals surface area contributed by atoms with Gasteiger partial charge in [0.25, 0.3) is 0 Å². The van der Waals surface area contributed by atoms with Crippen molar-refractivity contribution in [1.29, 1.82) is 0 Å². The van der Waals surface area contributed by atoms with Crippen LogP contribution >= 0.6 is 0 Å². The zero-order valence-corrected chi connectivity index (χ0v) is 8.60. The summed E-state index contributed by atoms with van der Waals surface area (Å²) in [5.41, 5.74) is 6.31. The first-order valence-corrected chi connectivity index (χ1v) is 4.98. The minimum absolute atomic E-state index is 0.0107. The van der Waals surface area contributed by atoms with E-state index in [1.54, 1.807) is 6.07 Å². The summed E-state index contributed by atoms with van der Waals surface area (Å²) >= 11 is 0. The summed E-state index contributed by atoms with van der Waals surface area (Å²) in [6, 6.07) is 5.46. The van der Waals surface area contributed by atoms with E-state index in [0.29, 0.717) is 18.5 Å². The molecule has 0 aromatic carbocycles. The van der Waals surface area contributed by atoms with Crippen molar-refractivity contribution >= 4 is 5.97 Å². The van der Waals surface area contributed by atoms with Crippen LogP contribution in [0, 0.1) is 6.92 Å². The summed E-state index contributed by atoms with van der Waals surface area (Å²) in [5, 5.41) is 9.25. The molecular weight excluding hydrogens is 192 g/mol. The van der Waals surface area contributed by atoms with Gasteiger partial charge < -0.3 is 10.8 Å². The fourth-order valence-electron chi connectivity index (χ4n) is 2.14. The molecule has 0 saturated heterocycles. The molecule has 1 saturated carbocycles. The van der Waals surface area contributed by atoms with Gasteiger partial charge in [0.15, 0.2) is 0 Å². The van der Waals surface area contributed by atoms with Gasteiger partial charge in [-0.05, 0) is 31.9 Å². The Morgan fingerprint density at radius 2 is 2.27 bits per heavy atom. The van der Waals surface area contributed by atoms with Crippen LogP contribution in [0.4, 0.5) is 0 Å². The Hall–Kier alpha value is -1.42. The second-order valence-electron chi connectivity index (χ2n) is 4.22. The van der Waals surface area contributed by atoms with Crippen LogP contribution in [0.15, 0.2) is 18.2 Å². The minimum Gasteiger partial charge on any atom is -0.481 e. The van der Waals surface area contributed by atoms with Gasteiger partial charge in [-0.1, -0.05) is 6.07 Å². The van der Waals surface area contributed by atoms with Crippen molar-refractivity contribution in [2.24, 2.45) is 5.73 Å². The molecule has 1 aromatic rings. The van der Waals surface area contributed by atoms with E-state index in [1.807, 2.05) is 19.1 Å². The van der Waals surface area contributed by atoms with Crippen LogP contribution in [0.5, 0.6) is 0 Å². The molecule has 0 atom stereocenters. The van der Waals surface area contributed by atoms with Crippen LogP contribution in [0.3, 0.4) is 0 Å². The molecule has 4 heteroatoms. The Balaban J connectivity index is 2.39. The van der Waals surface area contributed by atoms with Crippen molar-refractivity contribution in [2.45, 2.75) is 31.2 Å². The molecule has 0 aliphatic heterocycles. The van der Waals surface area contributed by atoms with E-state index in [9.17, 15) is 9.90 Å². The SMILES string of the molecule is Cc1cccc(C2(C(=O)O)CC(N)C2)n1. The standard InChI is InChI=1S/C11H14N2O2/c1-7-3-2-4-9(13-7)11(10(14)15)5-8(12)6-11/h2-4,8H,5-6,12H2,1H3,(H,14,15). The molecule has 3 N–H and O–H groups in total. The van der Waals surface area contributed by atoms with Gasteiger partial charge in [-0.25, -0.2) is 0 Å². The number of aryl methyl sites for hydroxylation is 1. The molecule has 0 spiro atoms. The average molecular weight is 206 g/mol. The van der Waals surface area contributed by atoms with Gasteiger partial charge >= 0.3 is 5.97 Å². The van der Waals surface area contributed by atoms with Crippen LogP contribution in [-0.2, 0) is 10.2 Å². The fraction of sp³-hybridized carbons (Fsp3) is 0.455. The predicted octanol–water partition coefficient (Wildman–Crippen LogP) is 0.834. The van der Waals surface area contributed by atoms with E-state index in [2.05, 4.69) is 4.98 Å². The Bertz CT molecular complexity index is 397. The van der Waals surface area contributed by atoms with Crippen LogP contribution < -0.4 is 5.73 Å². The highest BCUT2D eigenvalue weighted by molar-refractivity contribution is 5.82. The summed E-state index contributed by atoms with van der Waals surface area (Å²) in [6.45, 7) is 1.86. The van der Waals surface area contributed by atoms with Crippen LogP contribution in [0.25, 0.3) is 0 Å². The van der Waals surface area contributed by atoms with Gasteiger partial charge in [0.05, 0.1) is 5.69 Å². The van der Waals surface area contributed by atoms with E-state index in [1.165, 1.54) is 0 Å². The Morgan fingerprint density at radius 1 is 1.60 bits per heavy atom. The normalized spacial score (nSPS) is 29.6. The lowest BCUT2D eigenvalue weighted by Crippen LogP contribution is -2.54. The number of carbonyl (C=O) groups is 1. The number of nitrogens with two attached hydrogens (primary N) is 1. The lowest BCUT2D eigenvalue weighted by Gasteiger charge is -2.42. The van der Waals surface area contributed by atoms with Gasteiger partial charge in [-0.15, -0.1) is 0 Å². The van der Waals surface area contributed by atoms with Gasteiger partial charge in [-0.2, -0.15) is 0 Å². The Kier molecular flexibility index (Phi) is 2.23. The Morgan fingerprint density at radius 3 is 2.73 bits per heavy atom. The third-order valence-electron chi connectivity index (χ3n) is 3.01. The second kappa shape index (κ2) is 3.31. The van der Waals surface area contributed by atoms with Crippen LogP contribution in [-0.4, -0.2) is 22.1 Å². The van der Waals surface area contributed by atoms with Crippen LogP contribution in [0.1, 0.15) is 24.2 Å². The van der Waals surface area contributed by atoms with E-state index >= 15 is 0 Å². The zero-order chi connectivity index (χ0) is 11.1. The lowest BCUT2D eigenvalue weighted by molar-refractivity contribution is -0.148. The highest BCUT2D eigenvalue weighted by Gasteiger charge is 2.51. The number of aliphatic carboxylic acids is 1. The first-order chi connectivity index (χ1) is 7.04. The predicted molar refractivity (Wildman–Crippen MR) is 55.5 cm³/mol. The number of hydrogen-bond acceptors (Lipinski definition) is 3. The quantitative estimate of drug-likeness (QED) is 0.751. The molecule has 1 heterocycles. The minimum atomic E-state index is -0.842. The number of aromatic nitrogens is 1. The number of hydrogen-bond donors (Lipinski definition) is 2. The molecule has 2 rings (SSSR count). The van der Waals surface area contributed by atoms with Crippen molar-refractivity contribution in [2.75, 3.05) is 0 Å². The van der Waals surface area contributed by atoms with Crippen molar-refractivity contribution in [3.05, 3.63) is 29.6 Å². The third kappa shape index (κ3) is 1.51. The van der Waals surface area contributed by atoms with Crippen LogP contribution in [0.2, 0.25) is 0 Å². The molecular formula is C11H14N2O2. The van der Waals surface area contributed by atoms with Crippen molar-refractivity contribution < 1.29 is 9.90 Å². The van der Waals surface area contributed by atoms with Crippen molar-refractivity contribution in [1.82, 2.24) is 4.98 Å². The highest BCUT2D eigenvalue weighted by Crippen LogP contribution is 2.42. The van der Waals surface area contributed by atoms with E-state index in [0.717, 1.165) is 5.69 Å². The Labute approximate surface area is 88.1 Å². The topological polar surface area (TPSA) is 76.2 Å². The second-order valence-corrected chi connectivity index (χ2v) is 4.22. The maximum absolute atomic E-state index is 11.3.